The number of nitrogens with zero attached hydrogens (tertiary/aromatic N) is 3. The molecule has 8 heteroatoms. The summed E-state index contributed by atoms with van der Waals surface area (Å²) in [5.41, 5.74) is 1.06. The van der Waals surface area contributed by atoms with Crippen LogP contribution in [0.25, 0.3) is 11.0 Å². The Morgan fingerprint density at radius 1 is 1.19 bits per heavy atom. The van der Waals surface area contributed by atoms with Gasteiger partial charge in [-0.3, -0.25) is 9.59 Å². The van der Waals surface area contributed by atoms with E-state index in [0.717, 1.165) is 5.69 Å². The predicted octanol–water partition coefficient (Wildman–Crippen LogP) is 1.49. The first-order valence-corrected chi connectivity index (χ1v) is 8.09. The second-order valence-electron chi connectivity index (χ2n) is 5.85. The molecule has 0 aliphatic heterocycles. The number of nitrogens with one attached hydrogen (secondary N) is 2. The van der Waals surface area contributed by atoms with Crippen molar-refractivity contribution in [2.24, 2.45) is 0 Å². The van der Waals surface area contributed by atoms with Crippen LogP contribution in [0.15, 0.2) is 51.8 Å². The molecule has 0 unspecified atom stereocenters. The first-order valence-electron chi connectivity index (χ1n) is 8.09. The highest BCUT2D eigenvalue weighted by Gasteiger charge is 2.11. The molecular formula is C18H19N5O3. The third-order valence-corrected chi connectivity index (χ3v) is 3.73. The second kappa shape index (κ2) is 7.64. The molecule has 2 N–H and O–H groups in total. The van der Waals surface area contributed by atoms with Gasteiger partial charge in [0, 0.05) is 39.3 Å². The quantitative estimate of drug-likeness (QED) is 0.648. The summed E-state index contributed by atoms with van der Waals surface area (Å²) in [6.45, 7) is 0.790. The Bertz CT molecular complexity index is 984. The van der Waals surface area contributed by atoms with E-state index in [1.807, 2.05) is 25.1 Å². The van der Waals surface area contributed by atoms with E-state index >= 15 is 0 Å². The van der Waals surface area contributed by atoms with Gasteiger partial charge < -0.3 is 20.0 Å². The maximum Gasteiger partial charge on any atom is 0.287 e. The van der Waals surface area contributed by atoms with Gasteiger partial charge in [0.05, 0.1) is 17.3 Å². The highest BCUT2D eigenvalue weighted by Crippen LogP contribution is 2.13. The molecule has 0 spiro atoms. The number of carbonyl (C=O) groups excluding carboxylic acids is 1. The van der Waals surface area contributed by atoms with Gasteiger partial charge in [0.25, 0.3) is 5.91 Å². The van der Waals surface area contributed by atoms with E-state index < -0.39 is 5.91 Å². The number of benzene rings is 1. The van der Waals surface area contributed by atoms with E-state index in [0.29, 0.717) is 29.9 Å². The van der Waals surface area contributed by atoms with Gasteiger partial charge in [-0.25, -0.2) is 0 Å². The largest absolute Gasteiger partial charge is 0.451 e. The van der Waals surface area contributed by atoms with Gasteiger partial charge in [-0.05, 0) is 12.1 Å². The van der Waals surface area contributed by atoms with Crippen molar-refractivity contribution >= 4 is 28.4 Å². The SMILES string of the molecule is CN(C)c1cnnc(NCCNC(=O)c2cc(=O)c3ccccc3o2)c1. The highest BCUT2D eigenvalue weighted by molar-refractivity contribution is 5.93. The lowest BCUT2D eigenvalue weighted by atomic mass is 10.2. The average molecular weight is 353 g/mol. The molecule has 0 saturated carbocycles. The lowest BCUT2D eigenvalue weighted by Crippen LogP contribution is -2.29. The number of hydrogen-bond acceptors (Lipinski definition) is 7. The standard InChI is InChI=1S/C18H19N5O3/c1-23(2)12-9-17(22-21-11-12)19-7-8-20-18(25)16-10-14(24)13-5-3-4-6-15(13)26-16/h3-6,9-11H,7-8H2,1-2H3,(H,19,22)(H,20,25). The first kappa shape index (κ1) is 17.4. The van der Waals surface area contributed by atoms with Gasteiger partial charge in [0.1, 0.15) is 5.58 Å². The van der Waals surface area contributed by atoms with E-state index in [4.69, 9.17) is 4.42 Å². The number of fused-ring (bicyclic) bond motifs is 1. The molecule has 2 aromatic heterocycles. The van der Waals surface area contributed by atoms with Gasteiger partial charge in [0.2, 0.25) is 0 Å². The van der Waals surface area contributed by atoms with Crippen LogP contribution in [0.4, 0.5) is 11.5 Å². The molecule has 8 nitrogen and oxygen atoms in total. The summed E-state index contributed by atoms with van der Waals surface area (Å²) in [6.07, 6.45) is 1.66. The fourth-order valence-electron chi connectivity index (χ4n) is 2.36. The van der Waals surface area contributed by atoms with Crippen molar-refractivity contribution in [1.29, 1.82) is 0 Å². The van der Waals surface area contributed by atoms with Crippen molar-refractivity contribution < 1.29 is 9.21 Å². The minimum Gasteiger partial charge on any atom is -0.451 e. The molecule has 0 atom stereocenters. The van der Waals surface area contributed by atoms with Crippen molar-refractivity contribution in [1.82, 2.24) is 15.5 Å². The van der Waals surface area contributed by atoms with E-state index in [1.54, 1.807) is 30.5 Å². The second-order valence-corrected chi connectivity index (χ2v) is 5.85. The van der Waals surface area contributed by atoms with E-state index in [-0.39, 0.29) is 11.2 Å². The summed E-state index contributed by atoms with van der Waals surface area (Å²) in [6, 6.07) is 9.88. The molecule has 134 valence electrons. The number of hydrogen-bond donors (Lipinski definition) is 2. The van der Waals surface area contributed by atoms with Crippen LogP contribution in [0.2, 0.25) is 0 Å². The molecule has 0 aliphatic rings. The van der Waals surface area contributed by atoms with Gasteiger partial charge in [-0.1, -0.05) is 12.1 Å². The number of amides is 1. The van der Waals surface area contributed by atoms with E-state index in [2.05, 4.69) is 20.8 Å². The monoisotopic (exact) mass is 353 g/mol. The lowest BCUT2D eigenvalue weighted by molar-refractivity contribution is 0.0928. The van der Waals surface area contributed by atoms with Gasteiger partial charge in [0.15, 0.2) is 17.0 Å². The fourth-order valence-corrected chi connectivity index (χ4v) is 2.36. The van der Waals surface area contributed by atoms with Crippen LogP contribution < -0.4 is 21.0 Å². The van der Waals surface area contributed by atoms with Crippen molar-refractivity contribution in [3.8, 4) is 0 Å². The molecule has 3 rings (SSSR count). The smallest absolute Gasteiger partial charge is 0.287 e. The molecular weight excluding hydrogens is 334 g/mol. The molecule has 26 heavy (non-hydrogen) atoms. The zero-order valence-corrected chi connectivity index (χ0v) is 14.5. The Hall–Kier alpha value is -3.42. The molecule has 1 aromatic carbocycles. The molecule has 0 fully saturated rings. The summed E-state index contributed by atoms with van der Waals surface area (Å²) in [7, 11) is 3.83. The topological polar surface area (TPSA) is 100 Å². The first-order chi connectivity index (χ1) is 12.5. The lowest BCUT2D eigenvalue weighted by Gasteiger charge is -2.13. The summed E-state index contributed by atoms with van der Waals surface area (Å²) < 4.78 is 5.50. The summed E-state index contributed by atoms with van der Waals surface area (Å²) in [5, 5.41) is 14.1. The Morgan fingerprint density at radius 3 is 2.81 bits per heavy atom. The third-order valence-electron chi connectivity index (χ3n) is 3.73. The van der Waals surface area contributed by atoms with Crippen LogP contribution in [0.3, 0.4) is 0 Å². The summed E-state index contributed by atoms with van der Waals surface area (Å²) in [4.78, 5) is 26.1. The number of para-hydroxylation sites is 1. The number of aromatic nitrogens is 2. The van der Waals surface area contributed by atoms with E-state index in [9.17, 15) is 9.59 Å². The van der Waals surface area contributed by atoms with Crippen LogP contribution in [0.5, 0.6) is 0 Å². The number of rotatable bonds is 6. The van der Waals surface area contributed by atoms with Gasteiger partial charge in [-0.15, -0.1) is 5.10 Å². The van der Waals surface area contributed by atoms with Crippen molar-refractivity contribution in [3.05, 3.63) is 58.6 Å². The maximum atomic E-state index is 12.2. The predicted molar refractivity (Wildman–Crippen MR) is 99.7 cm³/mol. The average Bonchev–Trinajstić information content (AvgIpc) is 2.65. The van der Waals surface area contributed by atoms with Crippen LogP contribution in [-0.4, -0.2) is 43.3 Å². The summed E-state index contributed by atoms with van der Waals surface area (Å²) in [5.74, 6) is 0.161. The summed E-state index contributed by atoms with van der Waals surface area (Å²) >= 11 is 0. The minimum absolute atomic E-state index is 0.0110. The van der Waals surface area contributed by atoms with Crippen molar-refractivity contribution in [2.45, 2.75) is 0 Å². The fraction of sp³-hybridized carbons (Fsp3) is 0.222. The maximum absolute atomic E-state index is 12.2. The normalized spacial score (nSPS) is 10.5. The van der Waals surface area contributed by atoms with Crippen LogP contribution in [0.1, 0.15) is 10.6 Å². The minimum atomic E-state index is -0.442. The molecule has 1 amide bonds. The van der Waals surface area contributed by atoms with Crippen LogP contribution >= 0.6 is 0 Å². The van der Waals surface area contributed by atoms with E-state index in [1.165, 1.54) is 6.07 Å². The number of anilines is 2. The van der Waals surface area contributed by atoms with Crippen LogP contribution in [0, 0.1) is 0 Å². The number of carbonyl (C=O) groups is 1. The molecule has 3 aromatic rings. The third kappa shape index (κ3) is 3.97. The van der Waals surface area contributed by atoms with Gasteiger partial charge >= 0.3 is 0 Å². The Kier molecular flexibility index (Phi) is 5.12. The van der Waals surface area contributed by atoms with Gasteiger partial charge in [-0.2, -0.15) is 5.10 Å². The zero-order chi connectivity index (χ0) is 18.5. The molecule has 0 saturated heterocycles. The Balaban J connectivity index is 1.58. The zero-order valence-electron chi connectivity index (χ0n) is 14.5. The van der Waals surface area contributed by atoms with Crippen LogP contribution in [-0.2, 0) is 0 Å². The molecule has 2 heterocycles. The Morgan fingerprint density at radius 2 is 2.00 bits per heavy atom. The van der Waals surface area contributed by atoms with Crippen molar-refractivity contribution in [2.75, 3.05) is 37.4 Å². The molecule has 0 radical (unpaired) electrons. The molecule has 0 bridgehead atoms. The Labute approximate surface area is 149 Å². The van der Waals surface area contributed by atoms with Crippen molar-refractivity contribution in [3.63, 3.8) is 0 Å². The molecule has 0 aliphatic carbocycles. The highest BCUT2D eigenvalue weighted by atomic mass is 16.3.